The fourth-order valence-electron chi connectivity index (χ4n) is 5.60. The number of hydrogen-bond donors (Lipinski definition) is 2. The minimum atomic E-state index is -0.626. The second-order valence-corrected chi connectivity index (χ2v) is 12.1. The smallest absolute Gasteiger partial charge is 0.335 e. The Labute approximate surface area is 288 Å². The Hall–Kier alpha value is -3.62. The number of ether oxygens (including phenoxy) is 4. The van der Waals surface area contributed by atoms with Crippen molar-refractivity contribution in [1.82, 2.24) is 0 Å². The zero-order chi connectivity index (χ0) is 35.1. The van der Waals surface area contributed by atoms with Gasteiger partial charge >= 0.3 is 11.9 Å². The van der Waals surface area contributed by atoms with Crippen LogP contribution in [-0.4, -0.2) is 61.8 Å². The molecule has 0 aromatic heterocycles. The molecule has 0 atom stereocenters. The van der Waals surface area contributed by atoms with Crippen molar-refractivity contribution >= 4 is 11.9 Å². The van der Waals surface area contributed by atoms with Crippen LogP contribution >= 0.6 is 0 Å². The first kappa shape index (κ1) is 40.6. The maximum Gasteiger partial charge on any atom is 0.335 e. The lowest BCUT2D eigenvalue weighted by Gasteiger charge is -2.21. The van der Waals surface area contributed by atoms with Crippen molar-refractivity contribution in [3.63, 3.8) is 0 Å². The minimum Gasteiger partial charge on any atom is -0.490 e. The summed E-state index contributed by atoms with van der Waals surface area (Å²) in [6, 6.07) is 10.4. The molecule has 2 aromatic carbocycles. The average Bonchev–Trinajstić information content (AvgIpc) is 3.10. The highest BCUT2D eigenvalue weighted by Crippen LogP contribution is 2.37. The number of aliphatic hydroxyl groups is 2. The third-order valence-corrected chi connectivity index (χ3v) is 8.31. The van der Waals surface area contributed by atoms with Gasteiger partial charge in [-0.3, -0.25) is 0 Å². The van der Waals surface area contributed by atoms with Gasteiger partial charge in [0.05, 0.1) is 24.4 Å². The SMILES string of the molecule is C=C(CO)C(=O)OCCOc1ccc(-c2ccc(OCCOC(=O)C(=C)CO)c(CC)c2CCCCCCC)c(CCCCCCC)c1. The highest BCUT2D eigenvalue weighted by molar-refractivity contribution is 5.88. The number of benzene rings is 2. The number of aliphatic hydroxyl groups excluding tert-OH is 2. The number of rotatable bonds is 26. The lowest BCUT2D eigenvalue weighted by atomic mass is 9.87. The third kappa shape index (κ3) is 13.9. The van der Waals surface area contributed by atoms with E-state index in [4.69, 9.17) is 29.2 Å². The Morgan fingerprint density at radius 2 is 1.17 bits per heavy atom. The first-order valence-corrected chi connectivity index (χ1v) is 17.8. The van der Waals surface area contributed by atoms with Gasteiger partial charge in [-0.25, -0.2) is 9.59 Å². The molecule has 266 valence electrons. The summed E-state index contributed by atoms with van der Waals surface area (Å²) < 4.78 is 22.5. The van der Waals surface area contributed by atoms with Crippen LogP contribution < -0.4 is 9.47 Å². The van der Waals surface area contributed by atoms with Crippen LogP contribution in [0.3, 0.4) is 0 Å². The molecule has 0 unspecified atom stereocenters. The normalized spacial score (nSPS) is 10.9. The van der Waals surface area contributed by atoms with E-state index in [0.717, 1.165) is 55.6 Å². The molecule has 0 saturated carbocycles. The summed E-state index contributed by atoms with van der Waals surface area (Å²) in [6.45, 7) is 13.2. The molecule has 0 bridgehead atoms. The van der Waals surface area contributed by atoms with Crippen LogP contribution in [0.25, 0.3) is 11.1 Å². The zero-order valence-corrected chi connectivity index (χ0v) is 29.6. The van der Waals surface area contributed by atoms with Crippen LogP contribution in [0.2, 0.25) is 0 Å². The van der Waals surface area contributed by atoms with E-state index in [9.17, 15) is 9.59 Å². The van der Waals surface area contributed by atoms with Gasteiger partial charge in [0.25, 0.3) is 0 Å². The number of hydrogen-bond acceptors (Lipinski definition) is 8. The fourth-order valence-corrected chi connectivity index (χ4v) is 5.60. The second kappa shape index (κ2) is 23.7. The van der Waals surface area contributed by atoms with Gasteiger partial charge in [-0.05, 0) is 78.1 Å². The molecule has 0 radical (unpaired) electrons. The lowest BCUT2D eigenvalue weighted by Crippen LogP contribution is -2.15. The van der Waals surface area contributed by atoms with E-state index < -0.39 is 25.2 Å². The van der Waals surface area contributed by atoms with E-state index in [1.807, 2.05) is 12.1 Å². The number of unbranched alkanes of at least 4 members (excludes halogenated alkanes) is 8. The van der Waals surface area contributed by atoms with Crippen LogP contribution in [0.1, 0.15) is 102 Å². The summed E-state index contributed by atoms with van der Waals surface area (Å²) >= 11 is 0. The molecule has 0 saturated heterocycles. The molecule has 2 rings (SSSR count). The predicted molar refractivity (Wildman–Crippen MR) is 192 cm³/mol. The van der Waals surface area contributed by atoms with Crippen molar-refractivity contribution in [1.29, 1.82) is 0 Å². The molecular weight excluding hydrogens is 608 g/mol. The third-order valence-electron chi connectivity index (χ3n) is 8.31. The van der Waals surface area contributed by atoms with E-state index in [1.165, 1.54) is 67.2 Å². The van der Waals surface area contributed by atoms with Gasteiger partial charge in [-0.2, -0.15) is 0 Å². The highest BCUT2D eigenvalue weighted by atomic mass is 16.6. The van der Waals surface area contributed by atoms with Gasteiger partial charge in [0, 0.05) is 0 Å². The van der Waals surface area contributed by atoms with Crippen LogP contribution in [-0.2, 0) is 38.3 Å². The second-order valence-electron chi connectivity index (χ2n) is 12.1. The number of carbonyl (C=O) groups is 2. The monoisotopic (exact) mass is 666 g/mol. The molecule has 2 N–H and O–H groups in total. The van der Waals surface area contributed by atoms with Gasteiger partial charge in [0.1, 0.15) is 37.9 Å². The molecule has 8 nitrogen and oxygen atoms in total. The Balaban J connectivity index is 2.38. The summed E-state index contributed by atoms with van der Waals surface area (Å²) in [7, 11) is 0. The van der Waals surface area contributed by atoms with E-state index in [2.05, 4.69) is 52.1 Å². The summed E-state index contributed by atoms with van der Waals surface area (Å²) in [5.74, 6) is 0.262. The molecule has 0 fully saturated rings. The van der Waals surface area contributed by atoms with Gasteiger partial charge in [-0.15, -0.1) is 0 Å². The molecular formula is C40H58O8. The fraction of sp³-hybridized carbons (Fsp3) is 0.550. The summed E-state index contributed by atoms with van der Waals surface area (Å²) in [6.07, 6.45) is 14.4. The highest BCUT2D eigenvalue weighted by Gasteiger charge is 2.18. The van der Waals surface area contributed by atoms with Crippen LogP contribution in [0, 0.1) is 0 Å². The quantitative estimate of drug-likeness (QED) is 0.0593. The topological polar surface area (TPSA) is 112 Å². The van der Waals surface area contributed by atoms with Gasteiger partial charge in [0.2, 0.25) is 0 Å². The molecule has 0 aliphatic rings. The van der Waals surface area contributed by atoms with E-state index in [1.54, 1.807) is 0 Å². The van der Waals surface area contributed by atoms with Gasteiger partial charge < -0.3 is 29.2 Å². The first-order chi connectivity index (χ1) is 23.3. The Kier molecular flexibility index (Phi) is 20.0. The first-order valence-electron chi connectivity index (χ1n) is 17.8. The molecule has 0 aliphatic carbocycles. The number of aryl methyl sites for hydroxylation is 1. The average molecular weight is 667 g/mol. The van der Waals surface area contributed by atoms with Crippen molar-refractivity contribution in [3.8, 4) is 22.6 Å². The maximum absolute atomic E-state index is 11.9. The Morgan fingerprint density at radius 3 is 1.73 bits per heavy atom. The standard InChI is InChI=1S/C40H58O8/c1-6-9-11-13-15-17-32-27-33(45-23-25-47-39(43)30(4)28-41)19-20-35(32)37-21-22-38(46-24-26-48-40(44)31(5)29-42)34(8-3)36(37)18-16-14-12-10-7-2/h19-22,27,41-42H,4-18,23-26,28-29H2,1-3H3. The van der Waals surface area contributed by atoms with E-state index >= 15 is 0 Å². The van der Waals surface area contributed by atoms with Crippen molar-refractivity contribution < 1.29 is 38.7 Å². The lowest BCUT2D eigenvalue weighted by molar-refractivity contribution is -0.141. The molecule has 0 spiro atoms. The summed E-state index contributed by atoms with van der Waals surface area (Å²) in [4.78, 5) is 23.7. The largest absolute Gasteiger partial charge is 0.490 e. The number of esters is 2. The molecule has 2 aromatic rings. The maximum atomic E-state index is 11.9. The summed E-state index contributed by atoms with van der Waals surface area (Å²) in [5, 5.41) is 18.2. The Morgan fingerprint density at radius 1 is 0.625 bits per heavy atom. The van der Waals surface area contributed by atoms with Crippen LogP contribution in [0.4, 0.5) is 0 Å². The molecule has 0 heterocycles. The van der Waals surface area contributed by atoms with Crippen molar-refractivity contribution in [2.45, 2.75) is 104 Å². The molecule has 8 heteroatoms. The van der Waals surface area contributed by atoms with E-state index in [0.29, 0.717) is 0 Å². The molecule has 0 aliphatic heterocycles. The summed E-state index contributed by atoms with van der Waals surface area (Å²) in [5.41, 5.74) is 6.08. The Bertz CT molecular complexity index is 1300. The minimum absolute atomic E-state index is 0.0153. The van der Waals surface area contributed by atoms with Crippen LogP contribution in [0.5, 0.6) is 11.5 Å². The van der Waals surface area contributed by atoms with Crippen LogP contribution in [0.15, 0.2) is 54.6 Å². The van der Waals surface area contributed by atoms with E-state index in [-0.39, 0.29) is 37.6 Å². The molecule has 48 heavy (non-hydrogen) atoms. The predicted octanol–water partition coefficient (Wildman–Crippen LogP) is 7.88. The number of carbonyl (C=O) groups excluding carboxylic acids is 2. The zero-order valence-electron chi connectivity index (χ0n) is 29.6. The van der Waals surface area contributed by atoms with Crippen molar-refractivity contribution in [2.24, 2.45) is 0 Å². The van der Waals surface area contributed by atoms with Crippen molar-refractivity contribution in [2.75, 3.05) is 39.6 Å². The van der Waals surface area contributed by atoms with Crippen molar-refractivity contribution in [3.05, 3.63) is 71.3 Å². The van der Waals surface area contributed by atoms with Gasteiger partial charge in [0.15, 0.2) is 0 Å². The van der Waals surface area contributed by atoms with Gasteiger partial charge in [-0.1, -0.05) is 97.4 Å². The molecule has 0 amide bonds.